The van der Waals surface area contributed by atoms with Gasteiger partial charge in [-0.15, -0.1) is 11.6 Å². The minimum atomic E-state index is 0.0872. The van der Waals surface area contributed by atoms with E-state index in [1.807, 2.05) is 19.1 Å². The molecule has 0 fully saturated rings. The fraction of sp³-hybridized carbons (Fsp3) is 0.583. The monoisotopic (exact) mass is 243 g/mol. The molecule has 0 aliphatic rings. The third-order valence-electron chi connectivity index (χ3n) is 2.28. The summed E-state index contributed by atoms with van der Waals surface area (Å²) in [6.07, 6.45) is 4.66. The van der Waals surface area contributed by atoms with Gasteiger partial charge in [-0.1, -0.05) is 0 Å². The smallest absolute Gasteiger partial charge is 0.220 e. The third kappa shape index (κ3) is 5.21. The van der Waals surface area contributed by atoms with Gasteiger partial charge in [0.25, 0.3) is 0 Å². The molecule has 0 aromatic carbocycles. The van der Waals surface area contributed by atoms with Crippen molar-refractivity contribution in [2.75, 3.05) is 5.88 Å². The molecular weight excluding hydrogens is 226 g/mol. The summed E-state index contributed by atoms with van der Waals surface area (Å²) in [6.45, 7) is 1.97. The van der Waals surface area contributed by atoms with Crippen LogP contribution in [0.4, 0.5) is 0 Å². The number of alkyl halides is 1. The lowest BCUT2D eigenvalue weighted by atomic mass is 10.2. The summed E-state index contributed by atoms with van der Waals surface area (Å²) < 4.78 is 5.22. The van der Waals surface area contributed by atoms with Crippen LogP contribution in [-0.2, 0) is 11.2 Å². The molecule has 4 heteroatoms. The topological polar surface area (TPSA) is 42.2 Å². The number of hydrogen-bond donors (Lipinski definition) is 1. The minimum Gasteiger partial charge on any atom is -0.469 e. The van der Waals surface area contributed by atoms with Crippen LogP contribution in [0.3, 0.4) is 0 Å². The molecule has 1 aromatic rings. The molecule has 1 amide bonds. The predicted octanol–water partition coefficient (Wildman–Crippen LogP) is 2.74. The van der Waals surface area contributed by atoms with Crippen molar-refractivity contribution >= 4 is 17.5 Å². The first-order valence-electron chi connectivity index (χ1n) is 5.60. The number of unbranched alkanes of at least 4 members (excludes halogenated alkanes) is 1. The number of hydrogen-bond acceptors (Lipinski definition) is 2. The molecule has 0 bridgehead atoms. The second kappa shape index (κ2) is 7.34. The average molecular weight is 244 g/mol. The number of nitrogens with one attached hydrogen (secondary N) is 1. The molecular formula is C12H18ClNO2. The first kappa shape index (κ1) is 13.1. The molecule has 1 atom stereocenters. The van der Waals surface area contributed by atoms with Crippen molar-refractivity contribution < 1.29 is 9.21 Å². The van der Waals surface area contributed by atoms with Gasteiger partial charge in [-0.05, 0) is 31.9 Å². The fourth-order valence-corrected chi connectivity index (χ4v) is 1.70. The second-order valence-corrected chi connectivity index (χ2v) is 4.28. The Bertz CT molecular complexity index is 298. The van der Waals surface area contributed by atoms with E-state index in [1.165, 1.54) is 0 Å². The predicted molar refractivity (Wildman–Crippen MR) is 64.6 cm³/mol. The molecule has 1 N–H and O–H groups in total. The van der Waals surface area contributed by atoms with Gasteiger partial charge in [-0.2, -0.15) is 0 Å². The molecule has 1 aromatic heterocycles. The van der Waals surface area contributed by atoms with E-state index in [0.29, 0.717) is 12.3 Å². The highest BCUT2D eigenvalue weighted by molar-refractivity contribution is 6.17. The molecule has 3 nitrogen and oxygen atoms in total. The van der Waals surface area contributed by atoms with Gasteiger partial charge in [0.15, 0.2) is 0 Å². The number of carbonyl (C=O) groups excluding carboxylic acids is 1. The number of amides is 1. The Balaban J connectivity index is 2.18. The summed E-state index contributed by atoms with van der Waals surface area (Å²) in [7, 11) is 0. The maximum absolute atomic E-state index is 11.5. The first-order valence-corrected chi connectivity index (χ1v) is 6.13. The van der Waals surface area contributed by atoms with E-state index in [2.05, 4.69) is 5.32 Å². The van der Waals surface area contributed by atoms with E-state index >= 15 is 0 Å². The molecule has 0 spiro atoms. The Hall–Kier alpha value is -0.960. The number of carbonyl (C=O) groups is 1. The highest BCUT2D eigenvalue weighted by atomic mass is 35.5. The molecule has 0 saturated heterocycles. The van der Waals surface area contributed by atoms with Gasteiger partial charge >= 0.3 is 0 Å². The van der Waals surface area contributed by atoms with Crippen molar-refractivity contribution in [1.82, 2.24) is 5.32 Å². The molecule has 16 heavy (non-hydrogen) atoms. The van der Waals surface area contributed by atoms with Crippen LogP contribution in [0.2, 0.25) is 0 Å². The van der Waals surface area contributed by atoms with E-state index in [4.69, 9.17) is 16.0 Å². The summed E-state index contributed by atoms with van der Waals surface area (Å²) in [5.41, 5.74) is 0. The fourth-order valence-electron chi connectivity index (χ4n) is 1.51. The van der Waals surface area contributed by atoms with Crippen LogP contribution < -0.4 is 5.32 Å². The summed E-state index contributed by atoms with van der Waals surface area (Å²) in [5, 5.41) is 2.94. The Labute approximate surface area is 101 Å². The Morgan fingerprint density at radius 2 is 2.38 bits per heavy atom. The number of halogens is 1. The van der Waals surface area contributed by atoms with Crippen LogP contribution in [0.5, 0.6) is 0 Å². The van der Waals surface area contributed by atoms with Gasteiger partial charge < -0.3 is 9.73 Å². The van der Waals surface area contributed by atoms with Crippen LogP contribution >= 0.6 is 11.6 Å². The van der Waals surface area contributed by atoms with Crippen LogP contribution in [0, 0.1) is 0 Å². The maximum Gasteiger partial charge on any atom is 0.220 e. The van der Waals surface area contributed by atoms with Crippen molar-refractivity contribution in [3.05, 3.63) is 24.2 Å². The normalized spacial score (nSPS) is 12.4. The van der Waals surface area contributed by atoms with Crippen LogP contribution in [0.15, 0.2) is 22.8 Å². The molecule has 0 radical (unpaired) electrons. The first-order chi connectivity index (χ1) is 7.72. The average Bonchev–Trinajstić information content (AvgIpc) is 2.70. The van der Waals surface area contributed by atoms with Gasteiger partial charge in [0.05, 0.1) is 6.26 Å². The van der Waals surface area contributed by atoms with Crippen molar-refractivity contribution in [1.29, 1.82) is 0 Å². The summed E-state index contributed by atoms with van der Waals surface area (Å²) in [5.74, 6) is 1.60. The molecule has 1 rings (SSSR count). The number of furan rings is 1. The molecule has 0 aliphatic heterocycles. The lowest BCUT2D eigenvalue weighted by molar-refractivity contribution is -0.121. The van der Waals surface area contributed by atoms with Crippen molar-refractivity contribution in [2.45, 2.75) is 38.6 Å². The van der Waals surface area contributed by atoms with Crippen molar-refractivity contribution in [3.63, 3.8) is 0 Å². The summed E-state index contributed by atoms with van der Waals surface area (Å²) in [6, 6.07) is 3.87. The van der Waals surface area contributed by atoms with Gasteiger partial charge in [0.2, 0.25) is 5.91 Å². The molecule has 1 heterocycles. The van der Waals surface area contributed by atoms with Gasteiger partial charge in [0, 0.05) is 24.8 Å². The van der Waals surface area contributed by atoms with Gasteiger partial charge in [-0.3, -0.25) is 4.79 Å². The highest BCUT2D eigenvalue weighted by Gasteiger charge is 2.08. The zero-order chi connectivity index (χ0) is 11.8. The van der Waals surface area contributed by atoms with E-state index in [-0.39, 0.29) is 11.9 Å². The standard InChI is InChI=1S/C12H18ClNO2/c1-10(9-11-5-4-8-16-11)14-12(15)6-2-3-7-13/h4-5,8,10H,2-3,6-7,9H2,1H3,(H,14,15). The molecule has 0 saturated carbocycles. The van der Waals surface area contributed by atoms with Gasteiger partial charge in [0.1, 0.15) is 5.76 Å². The van der Waals surface area contributed by atoms with Crippen molar-refractivity contribution in [2.24, 2.45) is 0 Å². The minimum absolute atomic E-state index is 0.0872. The second-order valence-electron chi connectivity index (χ2n) is 3.90. The lowest BCUT2D eigenvalue weighted by Gasteiger charge is -2.12. The number of rotatable bonds is 7. The van der Waals surface area contributed by atoms with Crippen molar-refractivity contribution in [3.8, 4) is 0 Å². The maximum atomic E-state index is 11.5. The Morgan fingerprint density at radius 1 is 1.56 bits per heavy atom. The van der Waals surface area contributed by atoms with E-state index in [1.54, 1.807) is 6.26 Å². The molecule has 90 valence electrons. The Kier molecular flexibility index (Phi) is 6.01. The zero-order valence-corrected chi connectivity index (χ0v) is 10.3. The van der Waals surface area contributed by atoms with E-state index in [0.717, 1.165) is 25.0 Å². The molecule has 1 unspecified atom stereocenters. The third-order valence-corrected chi connectivity index (χ3v) is 2.55. The summed E-state index contributed by atoms with van der Waals surface area (Å²) >= 11 is 5.54. The van der Waals surface area contributed by atoms with E-state index < -0.39 is 0 Å². The largest absolute Gasteiger partial charge is 0.469 e. The molecule has 0 aliphatic carbocycles. The quantitative estimate of drug-likeness (QED) is 0.591. The van der Waals surface area contributed by atoms with Crippen LogP contribution in [0.1, 0.15) is 31.9 Å². The zero-order valence-electron chi connectivity index (χ0n) is 9.54. The Morgan fingerprint density at radius 3 is 3.00 bits per heavy atom. The lowest BCUT2D eigenvalue weighted by Crippen LogP contribution is -2.33. The van der Waals surface area contributed by atoms with Crippen LogP contribution in [0.25, 0.3) is 0 Å². The summed E-state index contributed by atoms with van der Waals surface area (Å²) in [4.78, 5) is 11.5. The highest BCUT2D eigenvalue weighted by Crippen LogP contribution is 2.04. The van der Waals surface area contributed by atoms with E-state index in [9.17, 15) is 4.79 Å². The SMILES string of the molecule is CC(Cc1ccco1)NC(=O)CCCCCl. The van der Waals surface area contributed by atoms with Crippen LogP contribution in [-0.4, -0.2) is 17.8 Å². The van der Waals surface area contributed by atoms with Gasteiger partial charge in [-0.25, -0.2) is 0 Å².